The summed E-state index contributed by atoms with van der Waals surface area (Å²) in [7, 11) is 2.00. The van der Waals surface area contributed by atoms with Crippen molar-refractivity contribution in [2.45, 2.75) is 38.1 Å². The fourth-order valence-corrected chi connectivity index (χ4v) is 4.25. The molecule has 1 aliphatic carbocycles. The van der Waals surface area contributed by atoms with Gasteiger partial charge in [-0.05, 0) is 37.1 Å². The minimum atomic E-state index is -1.09. The van der Waals surface area contributed by atoms with Crippen molar-refractivity contribution in [2.24, 2.45) is 0 Å². The Balaban J connectivity index is 1.86. The molecule has 0 bridgehead atoms. The van der Waals surface area contributed by atoms with Crippen molar-refractivity contribution >= 4 is 33.6 Å². The van der Waals surface area contributed by atoms with Crippen molar-refractivity contribution in [2.75, 3.05) is 11.9 Å². The molecule has 0 amide bonds. The summed E-state index contributed by atoms with van der Waals surface area (Å²) < 4.78 is 13.4. The minimum Gasteiger partial charge on any atom is -0.476 e. The Morgan fingerprint density at radius 2 is 1.85 bits per heavy atom. The van der Waals surface area contributed by atoms with Gasteiger partial charge in [0.25, 0.3) is 0 Å². The summed E-state index contributed by atoms with van der Waals surface area (Å²) in [6.07, 6.45) is 5.78. The van der Waals surface area contributed by atoms with Gasteiger partial charge < -0.3 is 10.0 Å². The van der Waals surface area contributed by atoms with Gasteiger partial charge in [0.15, 0.2) is 16.3 Å². The van der Waals surface area contributed by atoms with Crippen molar-refractivity contribution < 1.29 is 14.3 Å². The lowest BCUT2D eigenvalue weighted by atomic mass is 9.94. The van der Waals surface area contributed by atoms with Crippen molar-refractivity contribution in [3.05, 3.63) is 35.1 Å². The molecular weight excluding hydrogens is 367 g/mol. The Labute approximate surface area is 159 Å². The summed E-state index contributed by atoms with van der Waals surface area (Å²) in [5, 5.41) is 9.19. The molecule has 0 saturated heterocycles. The van der Waals surface area contributed by atoms with Crippen LogP contribution in [0.25, 0.3) is 21.7 Å². The van der Waals surface area contributed by atoms with Gasteiger partial charge >= 0.3 is 5.97 Å². The molecule has 3 aromatic rings. The molecule has 1 fully saturated rings. The Morgan fingerprint density at radius 1 is 1.15 bits per heavy atom. The van der Waals surface area contributed by atoms with Crippen LogP contribution in [-0.2, 0) is 0 Å². The van der Waals surface area contributed by atoms with E-state index >= 15 is 0 Å². The number of hydrogen-bond acceptors (Lipinski definition) is 6. The van der Waals surface area contributed by atoms with Crippen molar-refractivity contribution in [3.8, 4) is 11.3 Å². The van der Waals surface area contributed by atoms with Gasteiger partial charge in [0.1, 0.15) is 11.5 Å². The standard InChI is InChI=1S/C19H19FN4O2S/c1-24(13-5-3-2-4-6-13)16-14(11-7-9-12(20)10-8-11)21-15-17(23-16)27-18(22-15)19(25)26/h7-10,13H,2-6H2,1H3,(H,25,26). The highest BCUT2D eigenvalue weighted by Crippen LogP contribution is 2.34. The second-order valence-corrected chi connectivity index (χ2v) is 7.74. The topological polar surface area (TPSA) is 79.2 Å². The molecule has 8 heteroatoms. The van der Waals surface area contributed by atoms with E-state index in [0.29, 0.717) is 28.0 Å². The van der Waals surface area contributed by atoms with Gasteiger partial charge in [-0.15, -0.1) is 0 Å². The maximum atomic E-state index is 13.4. The molecule has 2 heterocycles. The number of aromatic nitrogens is 3. The summed E-state index contributed by atoms with van der Waals surface area (Å²) in [5.74, 6) is -0.733. The van der Waals surface area contributed by atoms with E-state index in [1.54, 1.807) is 12.1 Å². The number of aromatic carboxylic acids is 1. The first-order valence-corrected chi connectivity index (χ1v) is 9.75. The normalized spacial score (nSPS) is 15.2. The van der Waals surface area contributed by atoms with Crippen LogP contribution in [0.3, 0.4) is 0 Å². The predicted octanol–water partition coefficient (Wildman–Crippen LogP) is 4.36. The van der Waals surface area contributed by atoms with E-state index in [0.717, 1.165) is 29.7 Å². The molecule has 0 radical (unpaired) electrons. The van der Waals surface area contributed by atoms with Crippen LogP contribution in [0.1, 0.15) is 41.9 Å². The first-order valence-electron chi connectivity index (χ1n) is 8.93. The summed E-state index contributed by atoms with van der Waals surface area (Å²) in [6, 6.07) is 6.45. The van der Waals surface area contributed by atoms with Gasteiger partial charge in [-0.1, -0.05) is 30.6 Å². The van der Waals surface area contributed by atoms with E-state index in [2.05, 4.69) is 14.9 Å². The van der Waals surface area contributed by atoms with Crippen molar-refractivity contribution in [1.29, 1.82) is 0 Å². The Bertz CT molecular complexity index is 983. The third-order valence-electron chi connectivity index (χ3n) is 4.99. The molecule has 0 atom stereocenters. The van der Waals surface area contributed by atoms with Crippen LogP contribution in [0, 0.1) is 5.82 Å². The Kier molecular flexibility index (Phi) is 4.73. The quantitative estimate of drug-likeness (QED) is 0.718. The summed E-state index contributed by atoms with van der Waals surface area (Å²) in [5.41, 5.74) is 1.63. The van der Waals surface area contributed by atoms with Gasteiger partial charge in [0.05, 0.1) is 0 Å². The average Bonchev–Trinajstić information content (AvgIpc) is 3.11. The second-order valence-electron chi connectivity index (χ2n) is 6.76. The number of hydrogen-bond donors (Lipinski definition) is 1. The minimum absolute atomic E-state index is 0.0347. The number of carboxylic acids is 1. The van der Waals surface area contributed by atoms with Crippen LogP contribution >= 0.6 is 11.3 Å². The number of halogens is 1. The Hall–Kier alpha value is -2.61. The lowest BCUT2D eigenvalue weighted by Crippen LogP contribution is -2.34. The van der Waals surface area contributed by atoms with E-state index in [-0.39, 0.29) is 10.8 Å². The number of rotatable bonds is 4. The predicted molar refractivity (Wildman–Crippen MR) is 103 cm³/mol. The zero-order valence-corrected chi connectivity index (χ0v) is 15.7. The number of thiazole rings is 1. The molecule has 1 aromatic carbocycles. The van der Waals surface area contributed by atoms with E-state index in [9.17, 15) is 14.3 Å². The maximum Gasteiger partial charge on any atom is 0.365 e. The molecule has 27 heavy (non-hydrogen) atoms. The van der Waals surface area contributed by atoms with Crippen LogP contribution in [-0.4, -0.2) is 39.1 Å². The second kappa shape index (κ2) is 7.19. The molecule has 2 aromatic heterocycles. The molecule has 1 N–H and O–H groups in total. The molecule has 1 saturated carbocycles. The lowest BCUT2D eigenvalue weighted by Gasteiger charge is -2.32. The fraction of sp³-hybridized carbons (Fsp3) is 0.368. The van der Waals surface area contributed by atoms with E-state index in [1.165, 1.54) is 31.4 Å². The number of carbonyl (C=O) groups is 1. The van der Waals surface area contributed by atoms with Gasteiger partial charge in [-0.2, -0.15) is 0 Å². The molecule has 140 valence electrons. The van der Waals surface area contributed by atoms with Crippen LogP contribution in [0.15, 0.2) is 24.3 Å². The maximum absolute atomic E-state index is 13.4. The van der Waals surface area contributed by atoms with Gasteiger partial charge in [0.2, 0.25) is 5.01 Å². The van der Waals surface area contributed by atoms with E-state index < -0.39 is 5.97 Å². The number of nitrogens with zero attached hydrogens (tertiary/aromatic N) is 4. The van der Waals surface area contributed by atoms with Crippen LogP contribution < -0.4 is 4.90 Å². The summed E-state index contributed by atoms with van der Waals surface area (Å²) in [4.78, 5) is 27.3. The van der Waals surface area contributed by atoms with Crippen molar-refractivity contribution in [1.82, 2.24) is 15.0 Å². The number of carboxylic acid groups (broad SMARTS) is 1. The monoisotopic (exact) mass is 386 g/mol. The molecule has 6 nitrogen and oxygen atoms in total. The molecule has 4 rings (SSSR count). The largest absolute Gasteiger partial charge is 0.476 e. The van der Waals surface area contributed by atoms with Crippen LogP contribution in [0.5, 0.6) is 0 Å². The number of anilines is 1. The zero-order valence-electron chi connectivity index (χ0n) is 14.9. The first kappa shape index (κ1) is 17.8. The summed E-state index contributed by atoms with van der Waals surface area (Å²) >= 11 is 1.02. The molecule has 0 spiro atoms. The molecule has 0 aliphatic heterocycles. The first-order chi connectivity index (χ1) is 13.0. The zero-order chi connectivity index (χ0) is 19.0. The highest BCUT2D eigenvalue weighted by molar-refractivity contribution is 7.19. The summed E-state index contributed by atoms with van der Waals surface area (Å²) in [6.45, 7) is 0. The van der Waals surface area contributed by atoms with E-state index in [1.807, 2.05) is 7.05 Å². The third kappa shape index (κ3) is 3.49. The van der Waals surface area contributed by atoms with E-state index in [4.69, 9.17) is 4.98 Å². The van der Waals surface area contributed by atoms with Gasteiger partial charge in [-0.3, -0.25) is 0 Å². The SMILES string of the molecule is CN(c1nc2sc(C(=O)O)nc2nc1-c1ccc(F)cc1)C1CCCCC1. The van der Waals surface area contributed by atoms with Gasteiger partial charge in [0, 0.05) is 18.7 Å². The smallest absolute Gasteiger partial charge is 0.365 e. The molecule has 0 unspecified atom stereocenters. The van der Waals surface area contributed by atoms with Gasteiger partial charge in [-0.25, -0.2) is 24.1 Å². The highest BCUT2D eigenvalue weighted by Gasteiger charge is 2.24. The number of benzene rings is 1. The van der Waals surface area contributed by atoms with Crippen LogP contribution in [0.4, 0.5) is 10.2 Å². The Morgan fingerprint density at radius 3 is 2.52 bits per heavy atom. The van der Waals surface area contributed by atoms with Crippen LogP contribution in [0.2, 0.25) is 0 Å². The molecular formula is C19H19FN4O2S. The average molecular weight is 386 g/mol. The van der Waals surface area contributed by atoms with Crippen molar-refractivity contribution in [3.63, 3.8) is 0 Å². The third-order valence-corrected chi connectivity index (χ3v) is 5.91. The number of fused-ring (bicyclic) bond motifs is 1. The fourth-order valence-electron chi connectivity index (χ4n) is 3.53. The lowest BCUT2D eigenvalue weighted by molar-refractivity contribution is 0.0696. The molecule has 1 aliphatic rings. The highest BCUT2D eigenvalue weighted by atomic mass is 32.1.